The molecule has 0 radical (unpaired) electrons. The minimum absolute atomic E-state index is 0.181. The lowest BCUT2D eigenvalue weighted by molar-refractivity contribution is 0.0699. The Morgan fingerprint density at radius 1 is 1.14 bits per heavy atom. The molecule has 0 saturated heterocycles. The van der Waals surface area contributed by atoms with Gasteiger partial charge < -0.3 is 19.9 Å². The van der Waals surface area contributed by atoms with E-state index in [9.17, 15) is 9.90 Å². The van der Waals surface area contributed by atoms with Crippen LogP contribution in [-0.4, -0.2) is 21.2 Å². The third-order valence-corrected chi connectivity index (χ3v) is 3.26. The first-order chi connectivity index (χ1) is 10.1. The molecule has 0 aliphatic carbocycles. The van der Waals surface area contributed by atoms with Gasteiger partial charge in [0.15, 0.2) is 0 Å². The molecule has 0 atom stereocenters. The molecule has 0 unspecified atom stereocenters. The lowest BCUT2D eigenvalue weighted by Gasteiger charge is -2.05. The molecule has 21 heavy (non-hydrogen) atoms. The van der Waals surface area contributed by atoms with E-state index in [1.807, 2.05) is 6.07 Å². The number of phenols is 1. The molecule has 0 amide bonds. The van der Waals surface area contributed by atoms with Crippen LogP contribution >= 0.6 is 0 Å². The number of aromatic nitrogens is 1. The molecule has 3 rings (SSSR count). The van der Waals surface area contributed by atoms with Gasteiger partial charge in [0.25, 0.3) is 0 Å². The zero-order valence-electron chi connectivity index (χ0n) is 11.0. The van der Waals surface area contributed by atoms with Crippen molar-refractivity contribution >= 4 is 16.9 Å². The van der Waals surface area contributed by atoms with Crippen LogP contribution in [0.2, 0.25) is 0 Å². The SMILES string of the molecule is O=C(O)c1cccc2c(COc3ccc(O)cc3)c[nH]c12. The Kier molecular flexibility index (Phi) is 3.23. The summed E-state index contributed by atoms with van der Waals surface area (Å²) in [6.07, 6.45) is 1.75. The van der Waals surface area contributed by atoms with Crippen LogP contribution in [0.15, 0.2) is 48.7 Å². The maximum atomic E-state index is 11.2. The van der Waals surface area contributed by atoms with Gasteiger partial charge in [-0.15, -0.1) is 0 Å². The number of ether oxygens (including phenoxy) is 1. The average molecular weight is 283 g/mol. The van der Waals surface area contributed by atoms with Gasteiger partial charge in [-0.05, 0) is 30.3 Å². The minimum Gasteiger partial charge on any atom is -0.508 e. The van der Waals surface area contributed by atoms with Crippen LogP contribution < -0.4 is 4.74 Å². The number of phenolic OH excluding ortho intramolecular Hbond substituents is 1. The third-order valence-electron chi connectivity index (χ3n) is 3.26. The van der Waals surface area contributed by atoms with Crippen molar-refractivity contribution < 1.29 is 19.7 Å². The second-order valence-corrected chi connectivity index (χ2v) is 4.63. The first kappa shape index (κ1) is 13.1. The number of aromatic hydroxyl groups is 1. The summed E-state index contributed by atoms with van der Waals surface area (Å²) in [6, 6.07) is 11.6. The highest BCUT2D eigenvalue weighted by molar-refractivity contribution is 6.02. The van der Waals surface area contributed by atoms with E-state index in [4.69, 9.17) is 9.84 Å². The van der Waals surface area contributed by atoms with Gasteiger partial charge in [-0.1, -0.05) is 12.1 Å². The highest BCUT2D eigenvalue weighted by atomic mass is 16.5. The largest absolute Gasteiger partial charge is 0.508 e. The predicted molar refractivity (Wildman–Crippen MR) is 77.7 cm³/mol. The van der Waals surface area contributed by atoms with Gasteiger partial charge in [-0.25, -0.2) is 4.79 Å². The van der Waals surface area contributed by atoms with E-state index in [0.29, 0.717) is 17.9 Å². The maximum absolute atomic E-state index is 11.2. The van der Waals surface area contributed by atoms with Crippen molar-refractivity contribution in [3.8, 4) is 11.5 Å². The molecule has 2 aromatic carbocycles. The first-order valence-corrected chi connectivity index (χ1v) is 6.39. The molecule has 0 fully saturated rings. The number of nitrogens with one attached hydrogen (secondary N) is 1. The van der Waals surface area contributed by atoms with Crippen LogP contribution in [0.1, 0.15) is 15.9 Å². The molecule has 1 heterocycles. The summed E-state index contributed by atoms with van der Waals surface area (Å²) in [5, 5.41) is 19.2. The molecular formula is C16H13NO4. The molecule has 0 aliphatic heterocycles. The molecule has 3 N–H and O–H groups in total. The fourth-order valence-electron chi connectivity index (χ4n) is 2.21. The minimum atomic E-state index is -0.964. The lowest BCUT2D eigenvalue weighted by atomic mass is 10.1. The summed E-state index contributed by atoms with van der Waals surface area (Å²) in [5.41, 5.74) is 1.71. The second kappa shape index (κ2) is 5.20. The molecule has 0 saturated carbocycles. The summed E-state index contributed by atoms with van der Waals surface area (Å²) >= 11 is 0. The zero-order valence-corrected chi connectivity index (χ0v) is 11.0. The Balaban J connectivity index is 1.86. The lowest BCUT2D eigenvalue weighted by Crippen LogP contribution is -1.97. The van der Waals surface area contributed by atoms with Gasteiger partial charge in [0.2, 0.25) is 0 Å². The number of rotatable bonds is 4. The molecular weight excluding hydrogens is 270 g/mol. The summed E-state index contributed by atoms with van der Waals surface area (Å²) in [7, 11) is 0. The van der Waals surface area contributed by atoms with Gasteiger partial charge in [0.1, 0.15) is 18.1 Å². The number of hydrogen-bond donors (Lipinski definition) is 3. The van der Waals surface area contributed by atoms with Crippen molar-refractivity contribution in [3.05, 3.63) is 59.8 Å². The second-order valence-electron chi connectivity index (χ2n) is 4.63. The molecule has 5 nitrogen and oxygen atoms in total. The van der Waals surface area contributed by atoms with Crippen LogP contribution in [0.4, 0.5) is 0 Å². The van der Waals surface area contributed by atoms with Crippen LogP contribution in [0.5, 0.6) is 11.5 Å². The van der Waals surface area contributed by atoms with Crippen molar-refractivity contribution in [2.45, 2.75) is 6.61 Å². The molecule has 0 bridgehead atoms. The fraction of sp³-hybridized carbons (Fsp3) is 0.0625. The van der Waals surface area contributed by atoms with Crippen LogP contribution in [-0.2, 0) is 6.61 Å². The zero-order chi connectivity index (χ0) is 14.8. The number of fused-ring (bicyclic) bond motifs is 1. The van der Waals surface area contributed by atoms with Gasteiger partial charge in [0, 0.05) is 17.1 Å². The number of carboxylic acids is 1. The Morgan fingerprint density at radius 2 is 1.90 bits per heavy atom. The topological polar surface area (TPSA) is 82.6 Å². The number of carboxylic acid groups (broad SMARTS) is 1. The van der Waals surface area contributed by atoms with E-state index < -0.39 is 5.97 Å². The summed E-state index contributed by atoms with van der Waals surface area (Å²) in [5.74, 6) is -0.148. The molecule has 1 aromatic heterocycles. The number of hydrogen-bond acceptors (Lipinski definition) is 3. The van der Waals surface area contributed by atoms with E-state index in [1.54, 1.807) is 42.6 Å². The monoisotopic (exact) mass is 283 g/mol. The quantitative estimate of drug-likeness (QED) is 0.687. The number of para-hydroxylation sites is 1. The number of carbonyl (C=O) groups is 1. The average Bonchev–Trinajstić information content (AvgIpc) is 2.89. The van der Waals surface area contributed by atoms with Gasteiger partial charge in [-0.2, -0.15) is 0 Å². The summed E-state index contributed by atoms with van der Waals surface area (Å²) in [4.78, 5) is 14.1. The standard InChI is InChI=1S/C16H13NO4/c18-11-4-6-12(7-5-11)21-9-10-8-17-15-13(10)2-1-3-14(15)16(19)20/h1-8,17-18H,9H2,(H,19,20). The van der Waals surface area contributed by atoms with Gasteiger partial charge >= 0.3 is 5.97 Å². The normalized spacial score (nSPS) is 10.7. The molecule has 3 aromatic rings. The summed E-state index contributed by atoms with van der Waals surface area (Å²) < 4.78 is 5.64. The van der Waals surface area contributed by atoms with E-state index >= 15 is 0 Å². The van der Waals surface area contributed by atoms with E-state index in [-0.39, 0.29) is 11.3 Å². The van der Waals surface area contributed by atoms with Gasteiger partial charge in [-0.3, -0.25) is 0 Å². The predicted octanol–water partition coefficient (Wildman–Crippen LogP) is 3.15. The van der Waals surface area contributed by atoms with Crippen LogP contribution in [0.3, 0.4) is 0 Å². The van der Waals surface area contributed by atoms with E-state index in [2.05, 4.69) is 4.98 Å². The van der Waals surface area contributed by atoms with Crippen molar-refractivity contribution in [2.24, 2.45) is 0 Å². The number of aromatic carboxylic acids is 1. The Labute approximate surface area is 120 Å². The fourth-order valence-corrected chi connectivity index (χ4v) is 2.21. The van der Waals surface area contributed by atoms with Crippen molar-refractivity contribution in [3.63, 3.8) is 0 Å². The van der Waals surface area contributed by atoms with E-state index in [0.717, 1.165) is 10.9 Å². The van der Waals surface area contributed by atoms with Gasteiger partial charge in [0.05, 0.1) is 11.1 Å². The van der Waals surface area contributed by atoms with Crippen molar-refractivity contribution in [2.75, 3.05) is 0 Å². The maximum Gasteiger partial charge on any atom is 0.337 e. The molecule has 106 valence electrons. The molecule has 0 spiro atoms. The Morgan fingerprint density at radius 3 is 2.62 bits per heavy atom. The number of aromatic amines is 1. The molecule has 0 aliphatic rings. The number of H-pyrrole nitrogens is 1. The number of benzene rings is 2. The van der Waals surface area contributed by atoms with Crippen molar-refractivity contribution in [1.82, 2.24) is 4.98 Å². The van der Waals surface area contributed by atoms with E-state index in [1.165, 1.54) is 0 Å². The highest BCUT2D eigenvalue weighted by Crippen LogP contribution is 2.24. The smallest absolute Gasteiger partial charge is 0.337 e. The highest BCUT2D eigenvalue weighted by Gasteiger charge is 2.12. The third kappa shape index (κ3) is 2.53. The first-order valence-electron chi connectivity index (χ1n) is 6.39. The van der Waals surface area contributed by atoms with Crippen LogP contribution in [0, 0.1) is 0 Å². The van der Waals surface area contributed by atoms with Crippen LogP contribution in [0.25, 0.3) is 10.9 Å². The van der Waals surface area contributed by atoms with Crippen molar-refractivity contribution in [1.29, 1.82) is 0 Å². The Hall–Kier alpha value is -2.95. The molecule has 5 heteroatoms. The Bertz CT molecular complexity index is 790. The summed E-state index contributed by atoms with van der Waals surface area (Å²) in [6.45, 7) is 0.313.